The van der Waals surface area contributed by atoms with Gasteiger partial charge in [-0.1, -0.05) is 18.2 Å². The van der Waals surface area contributed by atoms with Crippen LogP contribution in [0.5, 0.6) is 5.75 Å². The topological polar surface area (TPSA) is 40.1 Å². The van der Waals surface area contributed by atoms with Crippen molar-refractivity contribution in [3.8, 4) is 5.75 Å². The van der Waals surface area contributed by atoms with Gasteiger partial charge in [-0.25, -0.2) is 0 Å². The van der Waals surface area contributed by atoms with Crippen molar-refractivity contribution in [3.05, 3.63) is 30.3 Å². The van der Waals surface area contributed by atoms with Crippen LogP contribution in [-0.2, 0) is 0 Å². The molecule has 164 valence electrons. The molecule has 0 radical (unpaired) electrons. The van der Waals surface area contributed by atoms with E-state index in [-0.39, 0.29) is 36.1 Å². The molecular formula is C20H30F3IN4O. The summed E-state index contributed by atoms with van der Waals surface area (Å²) in [5.74, 6) is 1.69. The first-order chi connectivity index (χ1) is 13.4. The zero-order valence-corrected chi connectivity index (χ0v) is 19.0. The summed E-state index contributed by atoms with van der Waals surface area (Å²) in [6.45, 7) is 4.27. The van der Waals surface area contributed by atoms with Crippen LogP contribution in [0.25, 0.3) is 0 Å². The van der Waals surface area contributed by atoms with Crippen molar-refractivity contribution in [1.82, 2.24) is 15.1 Å². The number of aliphatic imine (C=N–C) groups is 1. The molecule has 2 heterocycles. The van der Waals surface area contributed by atoms with Crippen LogP contribution in [0.2, 0.25) is 0 Å². The third kappa shape index (κ3) is 7.84. The van der Waals surface area contributed by atoms with E-state index in [1.54, 1.807) is 0 Å². The second kappa shape index (κ2) is 11.2. The lowest BCUT2D eigenvalue weighted by atomic mass is 10.1. The highest BCUT2D eigenvalue weighted by Gasteiger charge is 2.35. The van der Waals surface area contributed by atoms with Gasteiger partial charge < -0.3 is 15.0 Å². The summed E-state index contributed by atoms with van der Waals surface area (Å²) in [7, 11) is 0. The first kappa shape index (κ1) is 24.0. The van der Waals surface area contributed by atoms with Crippen LogP contribution in [0.15, 0.2) is 35.3 Å². The summed E-state index contributed by atoms with van der Waals surface area (Å²) in [6.07, 6.45) is -1.48. The van der Waals surface area contributed by atoms with Gasteiger partial charge in [-0.05, 0) is 25.5 Å². The molecule has 2 aliphatic heterocycles. The first-order valence-electron chi connectivity index (χ1n) is 9.99. The molecule has 0 spiro atoms. The van der Waals surface area contributed by atoms with Gasteiger partial charge in [0.05, 0.1) is 6.54 Å². The summed E-state index contributed by atoms with van der Waals surface area (Å²) < 4.78 is 43.8. The van der Waals surface area contributed by atoms with E-state index in [0.29, 0.717) is 26.1 Å². The fourth-order valence-corrected chi connectivity index (χ4v) is 3.79. The molecular weight excluding hydrogens is 496 g/mol. The average molecular weight is 526 g/mol. The molecule has 1 atom stereocenters. The van der Waals surface area contributed by atoms with Gasteiger partial charge in [0.25, 0.3) is 0 Å². The summed E-state index contributed by atoms with van der Waals surface area (Å²) in [5, 5.41) is 3.39. The van der Waals surface area contributed by atoms with Crippen molar-refractivity contribution in [2.75, 3.05) is 39.3 Å². The van der Waals surface area contributed by atoms with Gasteiger partial charge in [-0.15, -0.1) is 24.0 Å². The van der Waals surface area contributed by atoms with Crippen molar-refractivity contribution in [1.29, 1.82) is 0 Å². The molecule has 5 nitrogen and oxygen atoms in total. The predicted molar refractivity (Wildman–Crippen MR) is 119 cm³/mol. The van der Waals surface area contributed by atoms with Gasteiger partial charge in [0.1, 0.15) is 11.9 Å². The summed E-state index contributed by atoms with van der Waals surface area (Å²) in [4.78, 5) is 8.22. The molecule has 1 unspecified atom stereocenters. The molecule has 29 heavy (non-hydrogen) atoms. The fraction of sp³-hybridized carbons (Fsp3) is 0.650. The van der Waals surface area contributed by atoms with Gasteiger partial charge in [0.15, 0.2) is 5.96 Å². The highest BCUT2D eigenvalue weighted by atomic mass is 127. The average Bonchev–Trinajstić information content (AvgIpc) is 3.08. The Bertz CT molecular complexity index is 636. The maximum atomic E-state index is 12.6. The van der Waals surface area contributed by atoms with E-state index in [1.807, 2.05) is 37.3 Å². The molecule has 1 N–H and O–H groups in total. The minimum absolute atomic E-state index is 0. The maximum Gasteiger partial charge on any atom is 0.401 e. The third-order valence-corrected chi connectivity index (χ3v) is 5.10. The minimum atomic E-state index is -4.14. The SMILES string of the molecule is CCN=C(NC1CCN(CC(F)(F)F)C1)N1CCC(Oc2ccccc2)CC1.I. The van der Waals surface area contributed by atoms with E-state index in [9.17, 15) is 13.2 Å². The van der Waals surface area contributed by atoms with Crippen LogP contribution in [-0.4, -0.2) is 73.4 Å². The molecule has 2 fully saturated rings. The molecule has 3 rings (SSSR count). The molecule has 0 aliphatic carbocycles. The largest absolute Gasteiger partial charge is 0.490 e. The third-order valence-electron chi connectivity index (χ3n) is 5.10. The summed E-state index contributed by atoms with van der Waals surface area (Å²) >= 11 is 0. The molecule has 2 aliphatic rings. The molecule has 0 bridgehead atoms. The number of para-hydroxylation sites is 1. The Morgan fingerprint density at radius 1 is 1.14 bits per heavy atom. The van der Waals surface area contributed by atoms with E-state index in [4.69, 9.17) is 4.74 Å². The molecule has 1 aromatic carbocycles. The van der Waals surface area contributed by atoms with Crippen molar-refractivity contribution in [3.63, 3.8) is 0 Å². The molecule has 0 amide bonds. The zero-order valence-electron chi connectivity index (χ0n) is 16.7. The quantitative estimate of drug-likeness (QED) is 0.361. The molecule has 1 aromatic rings. The van der Waals surface area contributed by atoms with Crippen LogP contribution in [0.4, 0.5) is 13.2 Å². The number of hydrogen-bond acceptors (Lipinski definition) is 3. The number of piperidine rings is 1. The van der Waals surface area contributed by atoms with Crippen LogP contribution in [0, 0.1) is 0 Å². The number of nitrogens with zero attached hydrogens (tertiary/aromatic N) is 3. The summed E-state index contributed by atoms with van der Waals surface area (Å²) in [6, 6.07) is 9.82. The second-order valence-corrected chi connectivity index (χ2v) is 7.40. The van der Waals surface area contributed by atoms with Crippen molar-refractivity contribution < 1.29 is 17.9 Å². The lowest BCUT2D eigenvalue weighted by Gasteiger charge is -2.35. The number of nitrogens with one attached hydrogen (secondary N) is 1. The van der Waals surface area contributed by atoms with Gasteiger partial charge >= 0.3 is 6.18 Å². The number of halogens is 4. The molecule has 0 saturated carbocycles. The Labute approximate surface area is 187 Å². The number of rotatable bonds is 5. The lowest BCUT2D eigenvalue weighted by molar-refractivity contribution is -0.143. The number of hydrogen-bond donors (Lipinski definition) is 1. The Morgan fingerprint density at radius 2 is 1.83 bits per heavy atom. The van der Waals surface area contributed by atoms with E-state index in [1.165, 1.54) is 4.90 Å². The maximum absolute atomic E-state index is 12.6. The molecule has 9 heteroatoms. The standard InChI is InChI=1S/C20H29F3N4O.HI/c1-2-24-19(25-16-8-11-26(14-16)15-20(21,22)23)27-12-9-18(10-13-27)28-17-6-4-3-5-7-17;/h3-7,16,18H,2,8-15H2,1H3,(H,24,25);1H. The Balaban J connectivity index is 0.00000300. The Morgan fingerprint density at radius 3 is 2.45 bits per heavy atom. The smallest absolute Gasteiger partial charge is 0.401 e. The van der Waals surface area contributed by atoms with Crippen molar-refractivity contribution >= 4 is 29.9 Å². The van der Waals surface area contributed by atoms with E-state index in [0.717, 1.165) is 37.6 Å². The fourth-order valence-electron chi connectivity index (χ4n) is 3.79. The lowest BCUT2D eigenvalue weighted by Crippen LogP contribution is -2.51. The number of likely N-dealkylation sites (tertiary alicyclic amines) is 2. The minimum Gasteiger partial charge on any atom is -0.490 e. The van der Waals surface area contributed by atoms with Crippen LogP contribution >= 0.6 is 24.0 Å². The van der Waals surface area contributed by atoms with Gasteiger partial charge in [0.2, 0.25) is 0 Å². The zero-order chi connectivity index (χ0) is 20.0. The van der Waals surface area contributed by atoms with E-state index < -0.39 is 12.7 Å². The van der Waals surface area contributed by atoms with Gasteiger partial charge in [-0.2, -0.15) is 13.2 Å². The van der Waals surface area contributed by atoms with E-state index in [2.05, 4.69) is 15.2 Å². The molecule has 0 aromatic heterocycles. The monoisotopic (exact) mass is 526 g/mol. The highest BCUT2D eigenvalue weighted by Crippen LogP contribution is 2.21. The Hall–Kier alpha value is -1.23. The second-order valence-electron chi connectivity index (χ2n) is 7.40. The van der Waals surface area contributed by atoms with E-state index >= 15 is 0 Å². The van der Waals surface area contributed by atoms with Crippen molar-refractivity contribution in [2.24, 2.45) is 4.99 Å². The normalized spacial score (nSPS) is 21.7. The predicted octanol–water partition coefficient (Wildman–Crippen LogP) is 3.75. The number of ether oxygens (including phenoxy) is 1. The highest BCUT2D eigenvalue weighted by molar-refractivity contribution is 14.0. The van der Waals surface area contributed by atoms with Gasteiger partial charge in [0, 0.05) is 51.6 Å². The van der Waals surface area contributed by atoms with Gasteiger partial charge in [-0.3, -0.25) is 9.89 Å². The van der Waals surface area contributed by atoms with Crippen LogP contribution < -0.4 is 10.1 Å². The van der Waals surface area contributed by atoms with Crippen molar-refractivity contribution in [2.45, 2.75) is 44.5 Å². The number of alkyl halides is 3. The van der Waals surface area contributed by atoms with Crippen LogP contribution in [0.3, 0.4) is 0 Å². The number of benzene rings is 1. The number of guanidine groups is 1. The molecule has 2 saturated heterocycles. The van der Waals surface area contributed by atoms with Crippen LogP contribution in [0.1, 0.15) is 26.2 Å². The first-order valence-corrected chi connectivity index (χ1v) is 9.99. The Kier molecular flexibility index (Phi) is 9.32. The summed E-state index contributed by atoms with van der Waals surface area (Å²) in [5.41, 5.74) is 0.